The SMILES string of the molecule is COc1ccc(-c2cs/c(=N/NC(=O)CSc3ncccn3)n2-c2ccccc2)cc1. The first-order valence-electron chi connectivity index (χ1n) is 9.37. The average Bonchev–Trinajstić information content (AvgIpc) is 3.26. The maximum absolute atomic E-state index is 12.3. The summed E-state index contributed by atoms with van der Waals surface area (Å²) in [6.45, 7) is 0. The van der Waals surface area contributed by atoms with Crippen LogP contribution in [0, 0.1) is 0 Å². The van der Waals surface area contributed by atoms with E-state index in [0.717, 1.165) is 22.7 Å². The van der Waals surface area contributed by atoms with Crippen molar-refractivity contribution in [3.8, 4) is 22.7 Å². The summed E-state index contributed by atoms with van der Waals surface area (Å²) in [5.74, 6) is 0.744. The molecule has 9 heteroatoms. The molecular weight excluding hydrogens is 430 g/mol. The van der Waals surface area contributed by atoms with Crippen molar-refractivity contribution >= 4 is 29.0 Å². The summed E-state index contributed by atoms with van der Waals surface area (Å²) in [7, 11) is 1.64. The number of carbonyl (C=O) groups excluding carboxylic acids is 1. The summed E-state index contributed by atoms with van der Waals surface area (Å²) in [6.07, 6.45) is 3.29. The maximum atomic E-state index is 12.3. The molecule has 4 rings (SSSR count). The van der Waals surface area contributed by atoms with E-state index < -0.39 is 0 Å². The molecule has 1 N–H and O–H groups in total. The number of methoxy groups -OCH3 is 1. The number of nitrogens with one attached hydrogen (secondary N) is 1. The van der Waals surface area contributed by atoms with Crippen LogP contribution in [-0.2, 0) is 4.79 Å². The quantitative estimate of drug-likeness (QED) is 0.264. The highest BCUT2D eigenvalue weighted by Crippen LogP contribution is 2.25. The number of hydrogen-bond acceptors (Lipinski definition) is 7. The largest absolute Gasteiger partial charge is 0.497 e. The van der Waals surface area contributed by atoms with Crippen LogP contribution in [0.4, 0.5) is 0 Å². The number of carbonyl (C=O) groups is 1. The number of rotatable bonds is 7. The van der Waals surface area contributed by atoms with Crippen LogP contribution in [-0.4, -0.2) is 33.3 Å². The molecule has 2 aromatic carbocycles. The van der Waals surface area contributed by atoms with Crippen molar-refractivity contribution in [2.45, 2.75) is 5.16 Å². The molecule has 2 aromatic heterocycles. The highest BCUT2D eigenvalue weighted by molar-refractivity contribution is 7.99. The molecule has 0 saturated carbocycles. The summed E-state index contributed by atoms with van der Waals surface area (Å²) in [5, 5.41) is 6.95. The van der Waals surface area contributed by atoms with Crippen LogP contribution >= 0.6 is 23.1 Å². The number of para-hydroxylation sites is 1. The van der Waals surface area contributed by atoms with Crippen LogP contribution in [0.5, 0.6) is 5.75 Å². The zero-order valence-corrected chi connectivity index (χ0v) is 18.3. The lowest BCUT2D eigenvalue weighted by atomic mass is 10.1. The molecule has 2 heterocycles. The van der Waals surface area contributed by atoms with E-state index in [2.05, 4.69) is 20.5 Å². The summed E-state index contributed by atoms with van der Waals surface area (Å²) in [5.41, 5.74) is 5.59. The third-order valence-electron chi connectivity index (χ3n) is 4.26. The summed E-state index contributed by atoms with van der Waals surface area (Å²) >= 11 is 2.71. The molecule has 4 aromatic rings. The van der Waals surface area contributed by atoms with Gasteiger partial charge in [0.1, 0.15) is 5.75 Å². The number of nitrogens with zero attached hydrogens (tertiary/aromatic N) is 4. The highest BCUT2D eigenvalue weighted by Gasteiger charge is 2.11. The van der Waals surface area contributed by atoms with E-state index in [1.54, 1.807) is 25.6 Å². The van der Waals surface area contributed by atoms with Crippen LogP contribution in [0.1, 0.15) is 0 Å². The molecule has 0 aliphatic carbocycles. The molecule has 0 radical (unpaired) electrons. The number of ether oxygens (including phenoxy) is 1. The summed E-state index contributed by atoms with van der Waals surface area (Å²) < 4.78 is 7.28. The minimum Gasteiger partial charge on any atom is -0.497 e. The van der Waals surface area contributed by atoms with Crippen LogP contribution in [0.15, 0.2) is 88.7 Å². The Kier molecular flexibility index (Phi) is 6.75. The van der Waals surface area contributed by atoms with Gasteiger partial charge in [-0.2, -0.15) is 0 Å². The Morgan fingerprint density at radius 2 is 1.84 bits per heavy atom. The van der Waals surface area contributed by atoms with Gasteiger partial charge < -0.3 is 4.74 Å². The molecule has 1 amide bonds. The Hall–Kier alpha value is -3.43. The maximum Gasteiger partial charge on any atom is 0.250 e. The van der Waals surface area contributed by atoms with Gasteiger partial charge in [-0.05, 0) is 48.0 Å². The Bertz CT molecular complexity index is 1210. The van der Waals surface area contributed by atoms with Gasteiger partial charge >= 0.3 is 0 Å². The Morgan fingerprint density at radius 1 is 1.10 bits per heavy atom. The number of amides is 1. The van der Waals surface area contributed by atoms with Crippen LogP contribution in [0.25, 0.3) is 16.9 Å². The van der Waals surface area contributed by atoms with E-state index >= 15 is 0 Å². The zero-order chi connectivity index (χ0) is 21.5. The van der Waals surface area contributed by atoms with E-state index in [-0.39, 0.29) is 11.7 Å². The zero-order valence-electron chi connectivity index (χ0n) is 16.6. The minimum atomic E-state index is -0.225. The Morgan fingerprint density at radius 3 is 2.55 bits per heavy atom. The smallest absolute Gasteiger partial charge is 0.250 e. The second-order valence-corrected chi connectivity index (χ2v) is 8.05. The van der Waals surface area contributed by atoms with E-state index in [4.69, 9.17) is 4.74 Å². The minimum absolute atomic E-state index is 0.176. The van der Waals surface area contributed by atoms with Crippen molar-refractivity contribution in [2.75, 3.05) is 12.9 Å². The van der Waals surface area contributed by atoms with Crippen molar-refractivity contribution in [3.05, 3.63) is 83.2 Å². The number of hydrogen-bond donors (Lipinski definition) is 1. The Balaban J connectivity index is 1.61. The van der Waals surface area contributed by atoms with Gasteiger partial charge in [0.15, 0.2) is 5.16 Å². The summed E-state index contributed by atoms with van der Waals surface area (Å²) in [6, 6.07) is 19.5. The standard InChI is InChI=1S/C22H19N5O2S2/c1-29-18-10-8-16(9-11-18)19-14-31-22(27(19)17-6-3-2-4-7-17)26-25-20(28)15-30-21-23-12-5-13-24-21/h2-14H,15H2,1H3,(H,25,28)/b26-22+. The lowest BCUT2D eigenvalue weighted by molar-refractivity contribution is -0.118. The van der Waals surface area contributed by atoms with Gasteiger partial charge in [0, 0.05) is 23.5 Å². The fourth-order valence-corrected chi connectivity index (χ4v) is 4.27. The normalized spacial score (nSPS) is 11.3. The lowest BCUT2D eigenvalue weighted by Gasteiger charge is -2.10. The van der Waals surface area contributed by atoms with Crippen LogP contribution in [0.3, 0.4) is 0 Å². The second kappa shape index (κ2) is 10.1. The fraction of sp³-hybridized carbons (Fsp3) is 0.0909. The molecule has 0 aliphatic heterocycles. The van der Waals surface area contributed by atoms with E-state index in [1.807, 2.05) is 64.5 Å². The molecule has 0 bridgehead atoms. The van der Waals surface area contributed by atoms with Crippen molar-refractivity contribution in [2.24, 2.45) is 5.10 Å². The van der Waals surface area contributed by atoms with Crippen LogP contribution in [0.2, 0.25) is 0 Å². The van der Waals surface area contributed by atoms with Gasteiger partial charge in [0.05, 0.1) is 18.6 Å². The predicted octanol–water partition coefficient (Wildman–Crippen LogP) is 3.73. The predicted molar refractivity (Wildman–Crippen MR) is 122 cm³/mol. The Labute approximate surface area is 187 Å². The van der Waals surface area contributed by atoms with Gasteiger partial charge in [0.25, 0.3) is 5.91 Å². The van der Waals surface area contributed by atoms with E-state index in [9.17, 15) is 4.79 Å². The second-order valence-electron chi connectivity index (χ2n) is 6.27. The van der Waals surface area contributed by atoms with Crippen molar-refractivity contribution in [3.63, 3.8) is 0 Å². The molecule has 0 aliphatic rings. The number of aromatic nitrogens is 3. The van der Waals surface area contributed by atoms with Crippen molar-refractivity contribution in [1.82, 2.24) is 20.0 Å². The molecule has 156 valence electrons. The first kappa shape index (κ1) is 20.8. The van der Waals surface area contributed by atoms with E-state index in [1.165, 1.54) is 23.1 Å². The van der Waals surface area contributed by atoms with Gasteiger partial charge in [-0.15, -0.1) is 16.4 Å². The van der Waals surface area contributed by atoms with Crippen molar-refractivity contribution in [1.29, 1.82) is 0 Å². The molecule has 7 nitrogen and oxygen atoms in total. The van der Waals surface area contributed by atoms with Gasteiger partial charge in [-0.3, -0.25) is 9.36 Å². The average molecular weight is 450 g/mol. The molecule has 0 atom stereocenters. The molecule has 0 spiro atoms. The third kappa shape index (κ3) is 5.19. The molecule has 0 saturated heterocycles. The van der Waals surface area contributed by atoms with Gasteiger partial charge in [-0.1, -0.05) is 30.0 Å². The van der Waals surface area contributed by atoms with E-state index in [0.29, 0.717) is 9.96 Å². The molecular formula is C22H19N5O2S2. The topological polar surface area (TPSA) is 81.4 Å². The number of thioether (sulfide) groups is 1. The highest BCUT2D eigenvalue weighted by atomic mass is 32.2. The number of benzene rings is 2. The molecule has 0 fully saturated rings. The van der Waals surface area contributed by atoms with Gasteiger partial charge in [-0.25, -0.2) is 15.4 Å². The first-order valence-corrected chi connectivity index (χ1v) is 11.2. The first-order chi connectivity index (χ1) is 15.2. The lowest BCUT2D eigenvalue weighted by Crippen LogP contribution is -2.25. The van der Waals surface area contributed by atoms with Crippen molar-refractivity contribution < 1.29 is 9.53 Å². The summed E-state index contributed by atoms with van der Waals surface area (Å²) in [4.78, 5) is 21.1. The molecule has 0 unspecified atom stereocenters. The van der Waals surface area contributed by atoms with Crippen LogP contribution < -0.4 is 15.0 Å². The molecule has 31 heavy (non-hydrogen) atoms. The number of thiazole rings is 1. The third-order valence-corrected chi connectivity index (χ3v) is 5.96. The fourth-order valence-electron chi connectivity index (χ4n) is 2.81. The van der Waals surface area contributed by atoms with Gasteiger partial charge in [0.2, 0.25) is 4.80 Å². The monoisotopic (exact) mass is 449 g/mol.